The lowest BCUT2D eigenvalue weighted by atomic mass is 9.92. The number of sulfonamides is 1. The maximum Gasteiger partial charge on any atom is 0.243 e. The summed E-state index contributed by atoms with van der Waals surface area (Å²) in [5.41, 5.74) is 4.55. The molecule has 0 spiro atoms. The first-order valence-corrected chi connectivity index (χ1v) is 13.0. The highest BCUT2D eigenvalue weighted by Crippen LogP contribution is 2.36. The number of rotatable bonds is 7. The van der Waals surface area contributed by atoms with Crippen LogP contribution in [0.5, 0.6) is 0 Å². The number of nitrogens with one attached hydrogen (secondary N) is 2. The van der Waals surface area contributed by atoms with E-state index in [0.29, 0.717) is 18.7 Å². The molecule has 0 bridgehead atoms. The second-order valence-corrected chi connectivity index (χ2v) is 10.6. The molecule has 0 aliphatic carbocycles. The molecule has 7 nitrogen and oxygen atoms in total. The van der Waals surface area contributed by atoms with Crippen molar-refractivity contribution in [1.82, 2.24) is 9.62 Å². The largest absolute Gasteiger partial charge is 0.352 e. The average molecular weight is 492 g/mol. The molecule has 0 aromatic heterocycles. The highest BCUT2D eigenvalue weighted by molar-refractivity contribution is 7.89. The Bertz CT molecular complexity index is 1320. The lowest BCUT2D eigenvalue weighted by molar-refractivity contribution is -0.122. The van der Waals surface area contributed by atoms with Gasteiger partial charge in [-0.3, -0.25) is 9.59 Å². The minimum Gasteiger partial charge on any atom is -0.352 e. The van der Waals surface area contributed by atoms with Crippen molar-refractivity contribution in [1.29, 1.82) is 0 Å². The van der Waals surface area contributed by atoms with Gasteiger partial charge in [0.1, 0.15) is 0 Å². The Morgan fingerprint density at radius 2 is 1.66 bits per heavy atom. The Morgan fingerprint density at radius 3 is 2.34 bits per heavy atom. The zero-order valence-electron chi connectivity index (χ0n) is 19.8. The number of hydrogen-bond donors (Lipinski definition) is 2. The lowest BCUT2D eigenvalue weighted by Crippen LogP contribution is -2.42. The topological polar surface area (TPSA) is 95.6 Å². The molecular weight excluding hydrogens is 462 g/mol. The standard InChI is InChI=1S/C27H29N3O4S/c1-19-7-9-21(10-8-19)18-28-27(32)17-26-25-6-4-3-5-22(25)15-16-30(26)35(33,34)24-13-11-23(12-14-24)29-20(2)31/h3-14,26H,15-18H2,1-2H3,(H,28,32)(H,29,31)/t26-/m0/s1. The third-order valence-electron chi connectivity index (χ3n) is 6.13. The summed E-state index contributed by atoms with van der Waals surface area (Å²) >= 11 is 0. The highest BCUT2D eigenvalue weighted by Gasteiger charge is 2.37. The molecule has 1 aliphatic rings. The maximum absolute atomic E-state index is 13.6. The fourth-order valence-corrected chi connectivity index (χ4v) is 5.94. The van der Waals surface area contributed by atoms with E-state index in [4.69, 9.17) is 0 Å². The smallest absolute Gasteiger partial charge is 0.243 e. The Balaban J connectivity index is 1.57. The van der Waals surface area contributed by atoms with Crippen LogP contribution in [0.1, 0.15) is 41.6 Å². The van der Waals surface area contributed by atoms with Crippen LogP contribution in [-0.2, 0) is 32.6 Å². The molecule has 0 saturated carbocycles. The van der Waals surface area contributed by atoms with Gasteiger partial charge in [-0.05, 0) is 54.3 Å². The maximum atomic E-state index is 13.6. The van der Waals surface area contributed by atoms with Crippen molar-refractivity contribution in [3.05, 3.63) is 95.1 Å². The molecule has 0 unspecified atom stereocenters. The molecule has 0 saturated heterocycles. The number of nitrogens with zero attached hydrogens (tertiary/aromatic N) is 1. The number of hydrogen-bond acceptors (Lipinski definition) is 4. The Kier molecular flexibility index (Phi) is 7.33. The van der Waals surface area contributed by atoms with Gasteiger partial charge in [0.05, 0.1) is 10.9 Å². The van der Waals surface area contributed by atoms with Gasteiger partial charge in [-0.2, -0.15) is 4.31 Å². The molecule has 35 heavy (non-hydrogen) atoms. The van der Waals surface area contributed by atoms with Crippen LogP contribution in [0.15, 0.2) is 77.7 Å². The van der Waals surface area contributed by atoms with Gasteiger partial charge in [-0.1, -0.05) is 54.1 Å². The second kappa shape index (κ2) is 10.4. The van der Waals surface area contributed by atoms with E-state index >= 15 is 0 Å². The minimum atomic E-state index is -3.88. The molecule has 2 amide bonds. The molecule has 4 rings (SSSR count). The van der Waals surface area contributed by atoms with Crippen molar-refractivity contribution in [2.45, 2.75) is 44.2 Å². The first-order valence-electron chi connectivity index (χ1n) is 11.5. The van der Waals surface area contributed by atoms with Gasteiger partial charge in [0.25, 0.3) is 0 Å². The van der Waals surface area contributed by atoms with E-state index in [-0.39, 0.29) is 29.7 Å². The van der Waals surface area contributed by atoms with E-state index in [2.05, 4.69) is 10.6 Å². The summed E-state index contributed by atoms with van der Waals surface area (Å²) in [4.78, 5) is 24.4. The minimum absolute atomic E-state index is 0.0199. The van der Waals surface area contributed by atoms with Gasteiger partial charge < -0.3 is 10.6 Å². The van der Waals surface area contributed by atoms with E-state index in [1.807, 2.05) is 55.5 Å². The van der Waals surface area contributed by atoms with Crippen LogP contribution in [0.4, 0.5) is 5.69 Å². The quantitative estimate of drug-likeness (QED) is 0.523. The van der Waals surface area contributed by atoms with Crippen LogP contribution in [0.25, 0.3) is 0 Å². The van der Waals surface area contributed by atoms with Gasteiger partial charge in [0, 0.05) is 32.1 Å². The lowest BCUT2D eigenvalue weighted by Gasteiger charge is -2.36. The predicted molar refractivity (Wildman–Crippen MR) is 135 cm³/mol. The second-order valence-electron chi connectivity index (χ2n) is 8.75. The summed E-state index contributed by atoms with van der Waals surface area (Å²) in [6.07, 6.45) is 0.590. The molecule has 182 valence electrons. The summed E-state index contributed by atoms with van der Waals surface area (Å²) in [7, 11) is -3.88. The molecule has 0 fully saturated rings. The van der Waals surface area contributed by atoms with Gasteiger partial charge in [0.2, 0.25) is 21.8 Å². The zero-order chi connectivity index (χ0) is 25.0. The fourth-order valence-electron chi connectivity index (χ4n) is 4.33. The number of anilines is 1. The molecular formula is C27H29N3O4S. The van der Waals surface area contributed by atoms with Crippen LogP contribution in [-0.4, -0.2) is 31.1 Å². The number of carbonyl (C=O) groups is 2. The Hall–Kier alpha value is -3.49. The number of amides is 2. The Labute approximate surface area is 206 Å². The summed E-state index contributed by atoms with van der Waals surface area (Å²) in [6, 6.07) is 21.1. The van der Waals surface area contributed by atoms with Crippen LogP contribution in [0, 0.1) is 6.92 Å². The van der Waals surface area contributed by atoms with Crippen molar-refractivity contribution in [3.8, 4) is 0 Å². The molecule has 1 heterocycles. The van der Waals surface area contributed by atoms with E-state index < -0.39 is 16.1 Å². The van der Waals surface area contributed by atoms with Crippen LogP contribution < -0.4 is 10.6 Å². The van der Waals surface area contributed by atoms with Crippen LogP contribution in [0.3, 0.4) is 0 Å². The van der Waals surface area contributed by atoms with E-state index in [9.17, 15) is 18.0 Å². The normalized spacial score (nSPS) is 15.8. The molecule has 3 aromatic rings. The summed E-state index contributed by atoms with van der Waals surface area (Å²) in [5.74, 6) is -0.446. The van der Waals surface area contributed by atoms with E-state index in [1.165, 1.54) is 23.4 Å². The molecule has 2 N–H and O–H groups in total. The van der Waals surface area contributed by atoms with Crippen molar-refractivity contribution in [3.63, 3.8) is 0 Å². The summed E-state index contributed by atoms with van der Waals surface area (Å²) < 4.78 is 28.7. The highest BCUT2D eigenvalue weighted by atomic mass is 32.2. The SMILES string of the molecule is CC(=O)Nc1ccc(S(=O)(=O)N2CCc3ccccc3[C@@H]2CC(=O)NCc2ccc(C)cc2)cc1. The number of carbonyl (C=O) groups excluding carboxylic acids is 2. The molecule has 0 radical (unpaired) electrons. The van der Waals surface area contributed by atoms with Gasteiger partial charge in [-0.25, -0.2) is 8.42 Å². The molecule has 3 aromatic carbocycles. The molecule has 8 heteroatoms. The number of fused-ring (bicyclic) bond motifs is 1. The number of aryl methyl sites for hydroxylation is 1. The van der Waals surface area contributed by atoms with Gasteiger partial charge in [-0.15, -0.1) is 0 Å². The average Bonchev–Trinajstić information content (AvgIpc) is 2.84. The summed E-state index contributed by atoms with van der Waals surface area (Å²) in [5, 5.41) is 5.57. The summed E-state index contributed by atoms with van der Waals surface area (Å²) in [6.45, 7) is 4.06. The van der Waals surface area contributed by atoms with Gasteiger partial charge in [0.15, 0.2) is 0 Å². The molecule has 1 aliphatic heterocycles. The first kappa shape index (κ1) is 24.6. The zero-order valence-corrected chi connectivity index (χ0v) is 20.6. The van der Waals surface area contributed by atoms with E-state index in [1.54, 1.807) is 12.1 Å². The van der Waals surface area contributed by atoms with Crippen LogP contribution in [0.2, 0.25) is 0 Å². The van der Waals surface area contributed by atoms with Crippen molar-refractivity contribution < 1.29 is 18.0 Å². The predicted octanol–water partition coefficient (Wildman–Crippen LogP) is 3.95. The molecule has 1 atom stereocenters. The monoisotopic (exact) mass is 491 g/mol. The third kappa shape index (κ3) is 5.78. The third-order valence-corrected chi connectivity index (χ3v) is 8.06. The Morgan fingerprint density at radius 1 is 0.971 bits per heavy atom. The fraction of sp³-hybridized carbons (Fsp3) is 0.259. The van der Waals surface area contributed by atoms with Crippen LogP contribution >= 0.6 is 0 Å². The van der Waals surface area contributed by atoms with Crippen molar-refractivity contribution >= 4 is 27.5 Å². The van der Waals surface area contributed by atoms with E-state index in [0.717, 1.165) is 22.3 Å². The van der Waals surface area contributed by atoms with Crippen molar-refractivity contribution in [2.24, 2.45) is 0 Å². The van der Waals surface area contributed by atoms with Crippen molar-refractivity contribution in [2.75, 3.05) is 11.9 Å². The first-order chi connectivity index (χ1) is 16.7. The number of benzene rings is 3. The van der Waals surface area contributed by atoms with Gasteiger partial charge >= 0.3 is 0 Å².